The van der Waals surface area contributed by atoms with Gasteiger partial charge >= 0.3 is 0 Å². The largest absolute Gasteiger partial charge is 0.454 e. The number of likely N-dealkylation sites (tertiary alicyclic amines) is 1. The Morgan fingerprint density at radius 2 is 1.93 bits per heavy atom. The first-order chi connectivity index (χ1) is 13.3. The third-order valence-corrected chi connectivity index (χ3v) is 4.89. The second-order valence-electron chi connectivity index (χ2n) is 6.55. The number of hydrogen-bond acceptors (Lipinski definition) is 6. The summed E-state index contributed by atoms with van der Waals surface area (Å²) in [6.07, 6.45) is 1.69. The van der Waals surface area contributed by atoms with E-state index in [2.05, 4.69) is 10.1 Å². The van der Waals surface area contributed by atoms with Crippen molar-refractivity contribution in [2.75, 3.05) is 13.3 Å². The summed E-state index contributed by atoms with van der Waals surface area (Å²) >= 11 is 0. The SMILES string of the molecule is O=C(c1ccc2c(c1)OCO2)N1CCC[C@@H]1c1nc(-c2ccccc2)no1. The Morgan fingerprint density at radius 3 is 2.81 bits per heavy atom. The summed E-state index contributed by atoms with van der Waals surface area (Å²) in [5.74, 6) is 2.19. The van der Waals surface area contributed by atoms with Gasteiger partial charge in [-0.05, 0) is 31.0 Å². The van der Waals surface area contributed by atoms with E-state index in [9.17, 15) is 4.79 Å². The van der Waals surface area contributed by atoms with Crippen molar-refractivity contribution < 1.29 is 18.8 Å². The summed E-state index contributed by atoms with van der Waals surface area (Å²) in [5, 5.41) is 4.08. The lowest BCUT2D eigenvalue weighted by Crippen LogP contribution is -2.30. The molecule has 0 spiro atoms. The first kappa shape index (κ1) is 15.9. The predicted octanol–water partition coefficient (Wildman–Crippen LogP) is 3.44. The molecule has 1 saturated heterocycles. The van der Waals surface area contributed by atoms with Crippen LogP contribution in [0.25, 0.3) is 11.4 Å². The standard InChI is InChI=1S/C20H17N3O4/c24-20(14-8-9-16-17(11-14)26-12-25-16)23-10-4-7-15(23)19-21-18(22-27-19)13-5-2-1-3-6-13/h1-3,5-6,8-9,11,15H,4,7,10,12H2/t15-/m1/s1. The number of aromatic nitrogens is 2. The second kappa shape index (κ2) is 6.42. The molecule has 0 bridgehead atoms. The van der Waals surface area contributed by atoms with E-state index in [4.69, 9.17) is 14.0 Å². The van der Waals surface area contributed by atoms with E-state index in [0.29, 0.717) is 35.3 Å². The van der Waals surface area contributed by atoms with Crippen molar-refractivity contribution in [1.29, 1.82) is 0 Å². The molecule has 1 amide bonds. The van der Waals surface area contributed by atoms with Crippen molar-refractivity contribution in [3.05, 3.63) is 60.0 Å². The molecule has 3 heterocycles. The van der Waals surface area contributed by atoms with Crippen LogP contribution in [-0.2, 0) is 0 Å². The van der Waals surface area contributed by atoms with Gasteiger partial charge in [0.05, 0.1) is 0 Å². The topological polar surface area (TPSA) is 77.7 Å². The maximum absolute atomic E-state index is 13.0. The molecule has 5 rings (SSSR count). The highest BCUT2D eigenvalue weighted by atomic mass is 16.7. The molecule has 2 aliphatic heterocycles. The number of benzene rings is 2. The quantitative estimate of drug-likeness (QED) is 0.709. The van der Waals surface area contributed by atoms with Crippen molar-refractivity contribution in [2.45, 2.75) is 18.9 Å². The van der Waals surface area contributed by atoms with Crippen LogP contribution in [0.2, 0.25) is 0 Å². The fourth-order valence-corrected chi connectivity index (χ4v) is 3.54. The van der Waals surface area contributed by atoms with Gasteiger partial charge in [0.25, 0.3) is 5.91 Å². The molecule has 0 aliphatic carbocycles. The molecule has 0 radical (unpaired) electrons. The van der Waals surface area contributed by atoms with Gasteiger partial charge in [-0.15, -0.1) is 0 Å². The maximum Gasteiger partial charge on any atom is 0.254 e. The highest BCUT2D eigenvalue weighted by Crippen LogP contribution is 2.36. The summed E-state index contributed by atoms with van der Waals surface area (Å²) in [5.41, 5.74) is 1.45. The molecule has 3 aromatic rings. The minimum Gasteiger partial charge on any atom is -0.454 e. The number of carbonyl (C=O) groups excluding carboxylic acids is 1. The van der Waals surface area contributed by atoms with E-state index in [0.717, 1.165) is 18.4 Å². The van der Waals surface area contributed by atoms with E-state index in [1.807, 2.05) is 30.3 Å². The zero-order chi connectivity index (χ0) is 18.2. The molecule has 2 aromatic carbocycles. The molecule has 0 saturated carbocycles. The lowest BCUT2D eigenvalue weighted by atomic mass is 10.1. The van der Waals surface area contributed by atoms with Gasteiger partial charge < -0.3 is 18.9 Å². The van der Waals surface area contributed by atoms with Crippen LogP contribution in [0, 0.1) is 0 Å². The molecule has 0 N–H and O–H groups in total. The van der Waals surface area contributed by atoms with Gasteiger partial charge in [-0.2, -0.15) is 4.98 Å². The first-order valence-corrected chi connectivity index (χ1v) is 8.89. The van der Waals surface area contributed by atoms with Crippen molar-refractivity contribution in [1.82, 2.24) is 15.0 Å². The van der Waals surface area contributed by atoms with Gasteiger partial charge in [0.15, 0.2) is 11.5 Å². The highest BCUT2D eigenvalue weighted by molar-refractivity contribution is 5.95. The number of hydrogen-bond donors (Lipinski definition) is 0. The Hall–Kier alpha value is -3.35. The first-order valence-electron chi connectivity index (χ1n) is 8.89. The summed E-state index contributed by atoms with van der Waals surface area (Å²) in [7, 11) is 0. The van der Waals surface area contributed by atoms with Crippen LogP contribution in [0.3, 0.4) is 0 Å². The second-order valence-corrected chi connectivity index (χ2v) is 6.55. The summed E-state index contributed by atoms with van der Waals surface area (Å²) in [4.78, 5) is 19.4. The zero-order valence-corrected chi connectivity index (χ0v) is 14.5. The molecule has 1 atom stereocenters. The average molecular weight is 363 g/mol. The molecule has 1 fully saturated rings. The third kappa shape index (κ3) is 2.81. The molecular formula is C20H17N3O4. The van der Waals surface area contributed by atoms with E-state index in [-0.39, 0.29) is 18.7 Å². The van der Waals surface area contributed by atoms with Gasteiger partial charge in [-0.3, -0.25) is 4.79 Å². The van der Waals surface area contributed by atoms with Gasteiger partial charge in [0.2, 0.25) is 18.5 Å². The summed E-state index contributed by atoms with van der Waals surface area (Å²) in [6, 6.07) is 14.7. The number of fused-ring (bicyclic) bond motifs is 1. The van der Waals surface area contributed by atoms with Gasteiger partial charge in [-0.25, -0.2) is 0 Å². The van der Waals surface area contributed by atoms with Crippen LogP contribution < -0.4 is 9.47 Å². The number of nitrogens with zero attached hydrogens (tertiary/aromatic N) is 3. The number of carbonyl (C=O) groups is 1. The van der Waals surface area contributed by atoms with Gasteiger partial charge in [0.1, 0.15) is 6.04 Å². The van der Waals surface area contributed by atoms with Crippen LogP contribution in [0.15, 0.2) is 53.1 Å². The Bertz CT molecular complexity index is 986. The molecule has 136 valence electrons. The van der Waals surface area contributed by atoms with E-state index >= 15 is 0 Å². The number of amides is 1. The lowest BCUT2D eigenvalue weighted by molar-refractivity contribution is 0.0709. The minimum atomic E-state index is -0.215. The molecule has 27 heavy (non-hydrogen) atoms. The van der Waals surface area contributed by atoms with E-state index in [1.54, 1.807) is 23.1 Å². The molecule has 7 heteroatoms. The lowest BCUT2D eigenvalue weighted by Gasteiger charge is -2.22. The van der Waals surface area contributed by atoms with E-state index < -0.39 is 0 Å². The van der Waals surface area contributed by atoms with Crippen LogP contribution in [0.4, 0.5) is 0 Å². The molecule has 7 nitrogen and oxygen atoms in total. The average Bonchev–Trinajstić information content (AvgIpc) is 3.47. The summed E-state index contributed by atoms with van der Waals surface area (Å²) in [6.45, 7) is 0.838. The predicted molar refractivity (Wildman–Crippen MR) is 95.3 cm³/mol. The Kier molecular flexibility index (Phi) is 3.78. The maximum atomic E-state index is 13.0. The monoisotopic (exact) mass is 363 g/mol. The number of rotatable bonds is 3. The van der Waals surface area contributed by atoms with Crippen molar-refractivity contribution >= 4 is 5.91 Å². The van der Waals surface area contributed by atoms with E-state index in [1.165, 1.54) is 0 Å². The Labute approximate surface area is 155 Å². The fourth-order valence-electron chi connectivity index (χ4n) is 3.54. The van der Waals surface area contributed by atoms with Crippen LogP contribution >= 0.6 is 0 Å². The Balaban J connectivity index is 1.41. The minimum absolute atomic E-state index is 0.0738. The smallest absolute Gasteiger partial charge is 0.254 e. The Morgan fingerprint density at radius 1 is 1.07 bits per heavy atom. The van der Waals surface area contributed by atoms with Crippen LogP contribution in [-0.4, -0.2) is 34.3 Å². The molecule has 0 unspecified atom stereocenters. The summed E-state index contributed by atoms with van der Waals surface area (Å²) < 4.78 is 16.2. The van der Waals surface area contributed by atoms with Crippen LogP contribution in [0.1, 0.15) is 35.1 Å². The highest BCUT2D eigenvalue weighted by Gasteiger charge is 2.35. The molecule has 1 aromatic heterocycles. The normalized spacial score (nSPS) is 18.1. The fraction of sp³-hybridized carbons (Fsp3) is 0.250. The third-order valence-electron chi connectivity index (χ3n) is 4.89. The van der Waals surface area contributed by atoms with Crippen molar-refractivity contribution in [3.63, 3.8) is 0 Å². The molecule has 2 aliphatic rings. The van der Waals surface area contributed by atoms with Crippen molar-refractivity contribution in [2.24, 2.45) is 0 Å². The van der Waals surface area contributed by atoms with Gasteiger partial charge in [0, 0.05) is 17.7 Å². The number of ether oxygens (including phenoxy) is 2. The zero-order valence-electron chi connectivity index (χ0n) is 14.5. The van der Waals surface area contributed by atoms with Crippen LogP contribution in [0.5, 0.6) is 11.5 Å². The van der Waals surface area contributed by atoms with Gasteiger partial charge in [-0.1, -0.05) is 35.5 Å². The van der Waals surface area contributed by atoms with Crippen molar-refractivity contribution in [3.8, 4) is 22.9 Å². The molecular weight excluding hydrogens is 346 g/mol.